The molecule has 3 nitrogen and oxygen atoms in total. The molecule has 0 unspecified atom stereocenters. The van der Waals surface area contributed by atoms with Gasteiger partial charge in [-0.3, -0.25) is 4.68 Å². The van der Waals surface area contributed by atoms with E-state index >= 15 is 0 Å². The minimum Gasteiger partial charge on any atom is -0.325 e. The van der Waals surface area contributed by atoms with Gasteiger partial charge in [0.25, 0.3) is 0 Å². The van der Waals surface area contributed by atoms with Gasteiger partial charge in [0.15, 0.2) is 0 Å². The van der Waals surface area contributed by atoms with Crippen LogP contribution >= 0.6 is 0 Å². The molecule has 17 heavy (non-hydrogen) atoms. The lowest BCUT2D eigenvalue weighted by molar-refractivity contribution is 0.721. The summed E-state index contributed by atoms with van der Waals surface area (Å²) in [5.74, 6) is 0. The Morgan fingerprint density at radius 2 is 1.88 bits per heavy atom. The molecular formula is C14H19N3. The Kier molecular flexibility index (Phi) is 3.03. The SMILES string of the molecule is Cc1ccc(-c2c(CN)nn(C)c2C)cc1C. The van der Waals surface area contributed by atoms with Crippen molar-refractivity contribution in [1.82, 2.24) is 9.78 Å². The molecule has 0 fully saturated rings. The maximum absolute atomic E-state index is 5.76. The number of aromatic nitrogens is 2. The zero-order valence-electron chi connectivity index (χ0n) is 10.9. The van der Waals surface area contributed by atoms with Crippen LogP contribution in [-0.4, -0.2) is 9.78 Å². The highest BCUT2D eigenvalue weighted by atomic mass is 15.3. The van der Waals surface area contributed by atoms with Gasteiger partial charge >= 0.3 is 0 Å². The first-order valence-corrected chi connectivity index (χ1v) is 5.84. The van der Waals surface area contributed by atoms with Crippen molar-refractivity contribution < 1.29 is 0 Å². The minimum atomic E-state index is 0.476. The Labute approximate surface area is 102 Å². The van der Waals surface area contributed by atoms with Crippen LogP contribution in [-0.2, 0) is 13.6 Å². The molecule has 0 amide bonds. The zero-order chi connectivity index (χ0) is 12.6. The summed E-state index contributed by atoms with van der Waals surface area (Å²) in [7, 11) is 1.96. The monoisotopic (exact) mass is 229 g/mol. The van der Waals surface area contributed by atoms with Gasteiger partial charge in [-0.2, -0.15) is 5.10 Å². The van der Waals surface area contributed by atoms with Gasteiger partial charge in [0.05, 0.1) is 5.69 Å². The van der Waals surface area contributed by atoms with E-state index < -0.39 is 0 Å². The lowest BCUT2D eigenvalue weighted by Gasteiger charge is -2.06. The van der Waals surface area contributed by atoms with Crippen molar-refractivity contribution in [1.29, 1.82) is 0 Å². The van der Waals surface area contributed by atoms with E-state index in [4.69, 9.17) is 5.73 Å². The summed E-state index contributed by atoms with van der Waals surface area (Å²) in [5.41, 5.74) is 12.9. The summed E-state index contributed by atoms with van der Waals surface area (Å²) in [6.45, 7) is 6.81. The Hall–Kier alpha value is -1.61. The summed E-state index contributed by atoms with van der Waals surface area (Å²) in [5, 5.41) is 4.45. The molecule has 3 heteroatoms. The van der Waals surface area contributed by atoms with Gasteiger partial charge in [0.2, 0.25) is 0 Å². The van der Waals surface area contributed by atoms with Crippen LogP contribution in [0.25, 0.3) is 11.1 Å². The third kappa shape index (κ3) is 1.98. The second-order valence-electron chi connectivity index (χ2n) is 4.53. The smallest absolute Gasteiger partial charge is 0.0841 e. The first kappa shape index (κ1) is 11.9. The van der Waals surface area contributed by atoms with Crippen LogP contribution in [0, 0.1) is 20.8 Å². The number of benzene rings is 1. The van der Waals surface area contributed by atoms with Gasteiger partial charge in [-0.25, -0.2) is 0 Å². The molecule has 0 atom stereocenters. The molecule has 1 aromatic carbocycles. The van der Waals surface area contributed by atoms with Crippen molar-refractivity contribution in [2.24, 2.45) is 12.8 Å². The largest absolute Gasteiger partial charge is 0.325 e. The standard InChI is InChI=1S/C14H19N3/c1-9-5-6-12(7-10(9)2)14-11(3)17(4)16-13(14)8-15/h5-7H,8,15H2,1-4H3. The molecule has 90 valence electrons. The van der Waals surface area contributed by atoms with Crippen LogP contribution in [0.2, 0.25) is 0 Å². The number of aryl methyl sites for hydroxylation is 3. The summed E-state index contributed by atoms with van der Waals surface area (Å²) < 4.78 is 1.90. The van der Waals surface area contributed by atoms with E-state index in [1.807, 2.05) is 11.7 Å². The molecule has 2 N–H and O–H groups in total. The molecule has 2 rings (SSSR count). The highest BCUT2D eigenvalue weighted by Gasteiger charge is 2.13. The van der Waals surface area contributed by atoms with Gasteiger partial charge in [0.1, 0.15) is 0 Å². The van der Waals surface area contributed by atoms with Crippen molar-refractivity contribution in [3.63, 3.8) is 0 Å². The Balaban J connectivity index is 2.63. The number of hydrogen-bond acceptors (Lipinski definition) is 2. The molecule has 0 bridgehead atoms. The van der Waals surface area contributed by atoms with Gasteiger partial charge in [-0.1, -0.05) is 18.2 Å². The zero-order valence-corrected chi connectivity index (χ0v) is 10.9. The van der Waals surface area contributed by atoms with Crippen molar-refractivity contribution in [2.45, 2.75) is 27.3 Å². The third-order valence-corrected chi connectivity index (χ3v) is 3.40. The average molecular weight is 229 g/mol. The molecular weight excluding hydrogens is 210 g/mol. The second kappa shape index (κ2) is 4.34. The molecule has 0 aliphatic heterocycles. The second-order valence-corrected chi connectivity index (χ2v) is 4.53. The quantitative estimate of drug-likeness (QED) is 0.859. The highest BCUT2D eigenvalue weighted by Crippen LogP contribution is 2.28. The fraction of sp³-hybridized carbons (Fsp3) is 0.357. The third-order valence-electron chi connectivity index (χ3n) is 3.40. The van der Waals surface area contributed by atoms with E-state index in [-0.39, 0.29) is 0 Å². The van der Waals surface area contributed by atoms with Gasteiger partial charge in [-0.05, 0) is 37.5 Å². The average Bonchev–Trinajstić information content (AvgIpc) is 2.59. The molecule has 0 saturated heterocycles. The predicted octanol–water partition coefficient (Wildman–Crippen LogP) is 2.47. The first-order chi connectivity index (χ1) is 8.04. The first-order valence-electron chi connectivity index (χ1n) is 5.84. The van der Waals surface area contributed by atoms with Crippen molar-refractivity contribution in [3.05, 3.63) is 40.7 Å². The Bertz CT molecular complexity index is 553. The molecule has 0 aliphatic carbocycles. The van der Waals surface area contributed by atoms with Crippen molar-refractivity contribution >= 4 is 0 Å². The molecule has 2 aromatic rings. The molecule has 1 heterocycles. The minimum absolute atomic E-state index is 0.476. The van der Waals surface area contributed by atoms with E-state index in [0.29, 0.717) is 6.54 Å². The maximum Gasteiger partial charge on any atom is 0.0841 e. The summed E-state index contributed by atoms with van der Waals surface area (Å²) in [6, 6.07) is 6.50. The van der Waals surface area contributed by atoms with E-state index in [1.54, 1.807) is 0 Å². The number of nitrogens with two attached hydrogens (primary N) is 1. The topological polar surface area (TPSA) is 43.8 Å². The Morgan fingerprint density at radius 1 is 1.18 bits per heavy atom. The molecule has 0 radical (unpaired) electrons. The number of hydrogen-bond donors (Lipinski definition) is 1. The molecule has 0 aliphatic rings. The van der Waals surface area contributed by atoms with E-state index in [9.17, 15) is 0 Å². The van der Waals surface area contributed by atoms with Crippen molar-refractivity contribution in [2.75, 3.05) is 0 Å². The van der Waals surface area contributed by atoms with E-state index in [2.05, 4.69) is 44.1 Å². The van der Waals surface area contributed by atoms with Crippen LogP contribution in [0.5, 0.6) is 0 Å². The fourth-order valence-corrected chi connectivity index (χ4v) is 2.09. The van der Waals surface area contributed by atoms with Gasteiger partial charge in [0, 0.05) is 24.8 Å². The Morgan fingerprint density at radius 3 is 2.47 bits per heavy atom. The molecule has 0 saturated carbocycles. The summed E-state index contributed by atoms with van der Waals surface area (Å²) in [4.78, 5) is 0. The number of rotatable bonds is 2. The lowest BCUT2D eigenvalue weighted by atomic mass is 9.99. The van der Waals surface area contributed by atoms with Gasteiger partial charge < -0.3 is 5.73 Å². The highest BCUT2D eigenvalue weighted by molar-refractivity contribution is 5.69. The van der Waals surface area contributed by atoms with Crippen LogP contribution in [0.15, 0.2) is 18.2 Å². The van der Waals surface area contributed by atoms with Gasteiger partial charge in [-0.15, -0.1) is 0 Å². The van der Waals surface area contributed by atoms with Crippen LogP contribution in [0.4, 0.5) is 0 Å². The van der Waals surface area contributed by atoms with E-state index in [0.717, 1.165) is 11.4 Å². The molecule has 1 aromatic heterocycles. The normalized spacial score (nSPS) is 10.9. The molecule has 0 spiro atoms. The maximum atomic E-state index is 5.76. The van der Waals surface area contributed by atoms with Crippen LogP contribution in [0.1, 0.15) is 22.5 Å². The van der Waals surface area contributed by atoms with Crippen molar-refractivity contribution in [3.8, 4) is 11.1 Å². The van der Waals surface area contributed by atoms with E-state index in [1.165, 1.54) is 22.3 Å². The predicted molar refractivity (Wildman–Crippen MR) is 70.7 cm³/mol. The summed E-state index contributed by atoms with van der Waals surface area (Å²) in [6.07, 6.45) is 0. The number of nitrogens with zero attached hydrogens (tertiary/aromatic N) is 2. The lowest BCUT2D eigenvalue weighted by Crippen LogP contribution is -2.00. The van der Waals surface area contributed by atoms with Crippen LogP contribution in [0.3, 0.4) is 0 Å². The fourth-order valence-electron chi connectivity index (χ4n) is 2.09. The summed E-state index contributed by atoms with van der Waals surface area (Å²) >= 11 is 0. The van der Waals surface area contributed by atoms with Crippen LogP contribution < -0.4 is 5.73 Å².